The number of rotatable bonds is 6. The molecular formula is C24H17NO5S. The Kier molecular flexibility index (Phi) is 5.27. The lowest BCUT2D eigenvalue weighted by Gasteiger charge is -2.11. The second kappa shape index (κ2) is 8.04. The van der Waals surface area contributed by atoms with Crippen LogP contribution in [0.4, 0.5) is 0 Å². The molecule has 1 N–H and O–H groups in total. The Hall–Kier alpha value is -3.97. The molecule has 7 heteroatoms. The van der Waals surface area contributed by atoms with Gasteiger partial charge in [-0.1, -0.05) is 60.7 Å². The summed E-state index contributed by atoms with van der Waals surface area (Å²) in [6, 6.07) is 22.7. The Labute approximate surface area is 178 Å². The van der Waals surface area contributed by atoms with Crippen LogP contribution in [0.5, 0.6) is 0 Å². The monoisotopic (exact) mass is 431 g/mol. The molecule has 4 aromatic rings. The maximum atomic E-state index is 13.4. The summed E-state index contributed by atoms with van der Waals surface area (Å²) in [5.74, 6) is -1.53. The van der Waals surface area contributed by atoms with Gasteiger partial charge in [0.15, 0.2) is 0 Å². The van der Waals surface area contributed by atoms with Crippen LogP contribution in [-0.4, -0.2) is 29.2 Å². The van der Waals surface area contributed by atoms with E-state index in [-0.39, 0.29) is 10.6 Å². The summed E-state index contributed by atoms with van der Waals surface area (Å²) in [5.41, 5.74) is 1.34. The fourth-order valence-electron chi connectivity index (χ4n) is 3.31. The van der Waals surface area contributed by atoms with Crippen molar-refractivity contribution in [2.75, 3.05) is 0 Å². The molecule has 3 aromatic carbocycles. The average Bonchev–Trinajstić information content (AvgIpc) is 3.18. The van der Waals surface area contributed by atoms with Crippen LogP contribution in [-0.2, 0) is 14.8 Å². The number of benzene rings is 3. The minimum atomic E-state index is -4.01. The Morgan fingerprint density at radius 2 is 1.48 bits per heavy atom. The van der Waals surface area contributed by atoms with Crippen molar-refractivity contribution in [1.82, 2.24) is 3.97 Å². The predicted octanol–water partition coefficient (Wildman–Crippen LogP) is 4.21. The molecule has 31 heavy (non-hydrogen) atoms. The average molecular weight is 431 g/mol. The van der Waals surface area contributed by atoms with Gasteiger partial charge in [0.05, 0.1) is 10.4 Å². The second-order valence-electron chi connectivity index (χ2n) is 6.79. The lowest BCUT2D eigenvalue weighted by Crippen LogP contribution is -2.19. The summed E-state index contributed by atoms with van der Waals surface area (Å²) in [6.45, 7) is 0. The quantitative estimate of drug-likeness (QED) is 0.365. The van der Waals surface area contributed by atoms with E-state index >= 15 is 0 Å². The third kappa shape index (κ3) is 3.91. The zero-order valence-electron chi connectivity index (χ0n) is 16.2. The van der Waals surface area contributed by atoms with Gasteiger partial charge in [-0.3, -0.25) is 4.79 Å². The highest BCUT2D eigenvalue weighted by molar-refractivity contribution is 7.90. The first-order valence-corrected chi connectivity index (χ1v) is 10.8. The highest BCUT2D eigenvalue weighted by Gasteiger charge is 2.26. The van der Waals surface area contributed by atoms with Crippen LogP contribution in [0.2, 0.25) is 0 Å². The van der Waals surface area contributed by atoms with Gasteiger partial charge in [0, 0.05) is 17.0 Å². The molecule has 0 atom stereocenters. The zero-order valence-corrected chi connectivity index (χ0v) is 17.0. The highest BCUT2D eigenvalue weighted by Crippen LogP contribution is 2.27. The standard InChI is InChI=1S/C24H17NO5S/c26-23(27)15-12-17-10-13-18(14-11-17)24(28)22-16-19-6-4-5-9-21(19)25(22)31(29,30)20-7-2-1-3-8-20/h1-16H,(H,26,27)/b15-12+. The number of hydrogen-bond acceptors (Lipinski definition) is 4. The normalized spacial score (nSPS) is 11.7. The topological polar surface area (TPSA) is 93.4 Å². The van der Waals surface area contributed by atoms with Crippen molar-refractivity contribution in [1.29, 1.82) is 0 Å². The van der Waals surface area contributed by atoms with E-state index in [1.165, 1.54) is 18.2 Å². The van der Waals surface area contributed by atoms with Crippen LogP contribution in [0.3, 0.4) is 0 Å². The van der Waals surface area contributed by atoms with Gasteiger partial charge in [0.2, 0.25) is 5.78 Å². The smallest absolute Gasteiger partial charge is 0.328 e. The van der Waals surface area contributed by atoms with E-state index in [2.05, 4.69) is 0 Å². The molecule has 154 valence electrons. The molecule has 0 unspecified atom stereocenters. The number of aromatic nitrogens is 1. The molecule has 0 saturated carbocycles. The Morgan fingerprint density at radius 3 is 2.16 bits per heavy atom. The molecule has 0 spiro atoms. The summed E-state index contributed by atoms with van der Waals surface area (Å²) in [4.78, 5) is 24.0. The van der Waals surface area contributed by atoms with E-state index in [0.29, 0.717) is 22.0 Å². The zero-order chi connectivity index (χ0) is 22.0. The van der Waals surface area contributed by atoms with Crippen molar-refractivity contribution in [2.24, 2.45) is 0 Å². The Bertz CT molecular complexity index is 1420. The van der Waals surface area contributed by atoms with Gasteiger partial charge in [-0.05, 0) is 35.9 Å². The molecule has 1 aromatic heterocycles. The molecule has 0 amide bonds. The third-order valence-corrected chi connectivity index (χ3v) is 6.51. The number of carboxylic acid groups (broad SMARTS) is 1. The van der Waals surface area contributed by atoms with Crippen LogP contribution in [0.1, 0.15) is 21.6 Å². The van der Waals surface area contributed by atoms with Crippen molar-refractivity contribution in [3.63, 3.8) is 0 Å². The number of aliphatic carboxylic acids is 1. The van der Waals surface area contributed by atoms with Crippen molar-refractivity contribution in [3.05, 3.63) is 108 Å². The van der Waals surface area contributed by atoms with E-state index in [0.717, 1.165) is 10.0 Å². The number of nitrogens with zero attached hydrogens (tertiary/aromatic N) is 1. The molecular weight excluding hydrogens is 414 g/mol. The highest BCUT2D eigenvalue weighted by atomic mass is 32.2. The van der Waals surface area contributed by atoms with Crippen LogP contribution < -0.4 is 0 Å². The van der Waals surface area contributed by atoms with E-state index in [9.17, 15) is 18.0 Å². The van der Waals surface area contributed by atoms with Gasteiger partial charge >= 0.3 is 5.97 Å². The third-order valence-electron chi connectivity index (χ3n) is 4.77. The molecule has 0 aliphatic carbocycles. The van der Waals surface area contributed by atoms with Gasteiger partial charge in [-0.2, -0.15) is 0 Å². The van der Waals surface area contributed by atoms with E-state index in [4.69, 9.17) is 5.11 Å². The molecule has 0 aliphatic rings. The lowest BCUT2D eigenvalue weighted by atomic mass is 10.1. The number of carboxylic acids is 1. The SMILES string of the molecule is O=C(O)/C=C/c1ccc(C(=O)c2cc3ccccc3n2S(=O)(=O)c2ccccc2)cc1. The maximum absolute atomic E-state index is 13.4. The summed E-state index contributed by atoms with van der Waals surface area (Å²) in [5, 5.41) is 9.37. The number of fused-ring (bicyclic) bond motifs is 1. The summed E-state index contributed by atoms with van der Waals surface area (Å²) in [6.07, 6.45) is 2.41. The number of carbonyl (C=O) groups excluding carboxylic acids is 1. The fourth-order valence-corrected chi connectivity index (χ4v) is 4.84. The first-order chi connectivity index (χ1) is 14.9. The largest absolute Gasteiger partial charge is 0.478 e. The molecule has 1 heterocycles. The number of ketones is 1. The van der Waals surface area contributed by atoms with Gasteiger partial charge in [0.1, 0.15) is 5.69 Å². The van der Waals surface area contributed by atoms with E-state index in [1.807, 2.05) is 0 Å². The predicted molar refractivity (Wildman–Crippen MR) is 118 cm³/mol. The number of para-hydroxylation sites is 1. The van der Waals surface area contributed by atoms with Gasteiger partial charge in [0.25, 0.3) is 10.0 Å². The van der Waals surface area contributed by atoms with E-state index < -0.39 is 21.8 Å². The minimum absolute atomic E-state index is 0.0267. The van der Waals surface area contributed by atoms with Crippen LogP contribution in [0, 0.1) is 0 Å². The van der Waals surface area contributed by atoms with Crippen LogP contribution in [0.25, 0.3) is 17.0 Å². The van der Waals surface area contributed by atoms with Crippen molar-refractivity contribution < 1.29 is 23.1 Å². The minimum Gasteiger partial charge on any atom is -0.478 e. The summed E-state index contributed by atoms with van der Waals surface area (Å²) in [7, 11) is -4.01. The lowest BCUT2D eigenvalue weighted by molar-refractivity contribution is -0.131. The van der Waals surface area contributed by atoms with Crippen LogP contribution in [0.15, 0.2) is 95.9 Å². The second-order valence-corrected chi connectivity index (χ2v) is 8.58. The van der Waals surface area contributed by atoms with Crippen LogP contribution >= 0.6 is 0 Å². The first kappa shape index (κ1) is 20.3. The Morgan fingerprint density at radius 1 is 0.839 bits per heavy atom. The molecule has 0 aliphatic heterocycles. The van der Waals surface area contributed by atoms with Crippen molar-refractivity contribution in [3.8, 4) is 0 Å². The molecule has 0 fully saturated rings. The van der Waals surface area contributed by atoms with E-state index in [1.54, 1.807) is 72.8 Å². The van der Waals surface area contributed by atoms with Crippen molar-refractivity contribution >= 4 is 38.8 Å². The molecule has 0 bridgehead atoms. The summed E-state index contributed by atoms with van der Waals surface area (Å²) >= 11 is 0. The molecule has 0 radical (unpaired) electrons. The molecule has 0 saturated heterocycles. The fraction of sp³-hybridized carbons (Fsp3) is 0. The molecule has 4 rings (SSSR count). The maximum Gasteiger partial charge on any atom is 0.328 e. The summed E-state index contributed by atoms with van der Waals surface area (Å²) < 4.78 is 27.9. The van der Waals surface area contributed by atoms with Crippen molar-refractivity contribution in [2.45, 2.75) is 4.90 Å². The van der Waals surface area contributed by atoms with Gasteiger partial charge < -0.3 is 5.11 Å². The number of hydrogen-bond donors (Lipinski definition) is 1. The van der Waals surface area contributed by atoms with Gasteiger partial charge in [-0.15, -0.1) is 0 Å². The first-order valence-electron chi connectivity index (χ1n) is 9.35. The van der Waals surface area contributed by atoms with Gasteiger partial charge in [-0.25, -0.2) is 17.2 Å². The molecule has 6 nitrogen and oxygen atoms in total. The number of carbonyl (C=O) groups is 2. The Balaban J connectivity index is 1.84.